The van der Waals surface area contributed by atoms with E-state index in [0.717, 1.165) is 23.9 Å². The van der Waals surface area contributed by atoms with Gasteiger partial charge in [-0.3, -0.25) is 0 Å². The molecule has 0 atom stereocenters. The number of aryl methyl sites for hydroxylation is 1. The number of nitrogens with two attached hydrogens (primary N) is 1. The highest BCUT2D eigenvalue weighted by Gasteiger charge is 2.30. The van der Waals surface area contributed by atoms with Crippen LogP contribution in [0.4, 0.5) is 10.1 Å². The highest BCUT2D eigenvalue weighted by atomic mass is 35.5. The number of fused-ring (bicyclic) bond motifs is 1. The number of likely N-dealkylation sites (tertiary alicyclic amines) is 1. The van der Waals surface area contributed by atoms with E-state index in [9.17, 15) is 5.11 Å². The Morgan fingerprint density at radius 2 is 1.97 bits per heavy atom. The maximum Gasteiger partial charge on any atom is 0.196 e. The van der Waals surface area contributed by atoms with Crippen molar-refractivity contribution in [3.05, 3.63) is 58.9 Å². The van der Waals surface area contributed by atoms with Gasteiger partial charge < -0.3 is 20.6 Å². The molecule has 31 heavy (non-hydrogen) atoms. The van der Waals surface area contributed by atoms with Crippen molar-refractivity contribution >= 4 is 34.0 Å². The van der Waals surface area contributed by atoms with E-state index in [1.54, 1.807) is 12.1 Å². The largest absolute Gasteiger partial charge is 0.508 e. The van der Waals surface area contributed by atoms with Gasteiger partial charge >= 0.3 is 0 Å². The van der Waals surface area contributed by atoms with E-state index in [1.165, 1.54) is 6.07 Å². The summed E-state index contributed by atoms with van der Waals surface area (Å²) in [5.74, 6) is -0.197. The molecule has 0 spiro atoms. The van der Waals surface area contributed by atoms with Crippen LogP contribution in [0.1, 0.15) is 12.5 Å². The number of hydrogen-bond donors (Lipinski definition) is 2. The summed E-state index contributed by atoms with van der Waals surface area (Å²) in [5, 5.41) is 12.1. The van der Waals surface area contributed by atoms with E-state index in [0.29, 0.717) is 29.5 Å². The van der Waals surface area contributed by atoms with Crippen molar-refractivity contribution in [3.63, 3.8) is 0 Å². The van der Waals surface area contributed by atoms with E-state index in [2.05, 4.69) is 9.89 Å². The van der Waals surface area contributed by atoms with Crippen molar-refractivity contribution in [1.29, 1.82) is 0 Å². The topological polar surface area (TPSA) is 65.1 Å². The molecule has 162 valence electrons. The summed E-state index contributed by atoms with van der Waals surface area (Å²) >= 11 is 6.55. The maximum atomic E-state index is 15.9. The van der Waals surface area contributed by atoms with Crippen molar-refractivity contribution in [2.75, 3.05) is 27.2 Å². The zero-order chi connectivity index (χ0) is 22.3. The summed E-state index contributed by atoms with van der Waals surface area (Å²) in [6, 6.07) is 12.8. The number of guanidine groups is 1. The SMILES string of the molecule is CCc1cc(Cl)c(-c2cc(O)cc3ccccc23)c(F)c1/N=C(\N)N1CC(N(C)C)C1. The van der Waals surface area contributed by atoms with Gasteiger partial charge in [0.1, 0.15) is 11.4 Å². The van der Waals surface area contributed by atoms with Gasteiger partial charge in [-0.05, 0) is 60.6 Å². The highest BCUT2D eigenvalue weighted by molar-refractivity contribution is 6.34. The third kappa shape index (κ3) is 3.93. The normalized spacial score (nSPS) is 15.0. The van der Waals surface area contributed by atoms with Crippen molar-refractivity contribution < 1.29 is 9.50 Å². The minimum Gasteiger partial charge on any atom is -0.508 e. The molecule has 1 heterocycles. The fourth-order valence-corrected chi connectivity index (χ4v) is 4.27. The molecule has 0 amide bonds. The summed E-state index contributed by atoms with van der Waals surface area (Å²) in [4.78, 5) is 8.55. The van der Waals surface area contributed by atoms with Crippen molar-refractivity contribution in [1.82, 2.24) is 9.80 Å². The van der Waals surface area contributed by atoms with Crippen molar-refractivity contribution in [2.24, 2.45) is 10.7 Å². The fourth-order valence-electron chi connectivity index (χ4n) is 3.95. The lowest BCUT2D eigenvalue weighted by Crippen LogP contribution is -2.61. The number of hydrogen-bond acceptors (Lipinski definition) is 3. The lowest BCUT2D eigenvalue weighted by molar-refractivity contribution is 0.123. The van der Waals surface area contributed by atoms with E-state index < -0.39 is 5.82 Å². The molecule has 0 saturated carbocycles. The van der Waals surface area contributed by atoms with Crippen LogP contribution >= 0.6 is 11.6 Å². The molecule has 7 heteroatoms. The Labute approximate surface area is 186 Å². The molecule has 1 aliphatic rings. The standard InChI is InChI=1S/C24H26ClFN4O/c1-4-14-10-20(25)21(19-11-17(31)9-15-7-5-6-8-18(15)19)22(26)23(14)28-24(27)30-12-16(13-30)29(2)3/h5-11,16,31H,4,12-13H2,1-3H3,(H2,27,28). The Kier molecular flexibility index (Phi) is 5.77. The molecule has 0 unspecified atom stereocenters. The summed E-state index contributed by atoms with van der Waals surface area (Å²) in [5.41, 5.74) is 7.84. The lowest BCUT2D eigenvalue weighted by atomic mass is 9.95. The van der Waals surface area contributed by atoms with Crippen LogP contribution in [-0.2, 0) is 6.42 Å². The van der Waals surface area contributed by atoms with E-state index in [4.69, 9.17) is 17.3 Å². The van der Waals surface area contributed by atoms with Gasteiger partial charge in [0.2, 0.25) is 0 Å². The molecule has 0 radical (unpaired) electrons. The maximum absolute atomic E-state index is 15.9. The van der Waals surface area contributed by atoms with Crippen LogP contribution in [0.15, 0.2) is 47.5 Å². The number of benzene rings is 3. The molecule has 4 rings (SSSR count). The Bertz CT molecular complexity index is 1170. The number of phenolic OH excluding ortho intramolecular Hbond substituents is 1. The van der Waals surface area contributed by atoms with E-state index in [-0.39, 0.29) is 22.0 Å². The van der Waals surface area contributed by atoms with Gasteiger partial charge in [-0.25, -0.2) is 9.38 Å². The molecular weight excluding hydrogens is 415 g/mol. The quantitative estimate of drug-likeness (QED) is 0.453. The second kappa shape index (κ2) is 8.36. The molecule has 1 aliphatic heterocycles. The Morgan fingerprint density at radius 1 is 1.26 bits per heavy atom. The van der Waals surface area contributed by atoms with Crippen LogP contribution in [0.2, 0.25) is 5.02 Å². The smallest absolute Gasteiger partial charge is 0.196 e. The van der Waals surface area contributed by atoms with Crippen molar-refractivity contribution in [3.8, 4) is 16.9 Å². The molecule has 0 aromatic heterocycles. The molecule has 5 nitrogen and oxygen atoms in total. The van der Waals surface area contributed by atoms with Crippen LogP contribution in [-0.4, -0.2) is 54.1 Å². The first-order chi connectivity index (χ1) is 14.8. The average Bonchev–Trinajstić information content (AvgIpc) is 2.68. The summed E-state index contributed by atoms with van der Waals surface area (Å²) in [6.07, 6.45) is 0.560. The second-order valence-electron chi connectivity index (χ2n) is 8.12. The molecule has 3 N–H and O–H groups in total. The summed E-state index contributed by atoms with van der Waals surface area (Å²) in [6.45, 7) is 3.43. The Morgan fingerprint density at radius 3 is 2.65 bits per heavy atom. The Hall–Kier alpha value is -2.83. The molecule has 3 aromatic carbocycles. The van der Waals surface area contributed by atoms with Gasteiger partial charge in [0.15, 0.2) is 11.8 Å². The van der Waals surface area contributed by atoms with Gasteiger partial charge in [0.25, 0.3) is 0 Å². The third-order valence-electron chi connectivity index (χ3n) is 5.91. The van der Waals surface area contributed by atoms with Crippen LogP contribution in [0.5, 0.6) is 5.75 Å². The predicted molar refractivity (Wildman–Crippen MR) is 126 cm³/mol. The van der Waals surface area contributed by atoms with Crippen LogP contribution < -0.4 is 5.73 Å². The number of aromatic hydroxyl groups is 1. The summed E-state index contributed by atoms with van der Waals surface area (Å²) < 4.78 is 15.9. The lowest BCUT2D eigenvalue weighted by Gasteiger charge is -2.43. The van der Waals surface area contributed by atoms with E-state index in [1.807, 2.05) is 50.2 Å². The molecular formula is C24H26ClFN4O. The number of rotatable bonds is 4. The number of halogens is 2. The number of nitrogens with zero attached hydrogens (tertiary/aromatic N) is 3. The second-order valence-corrected chi connectivity index (χ2v) is 8.52. The highest BCUT2D eigenvalue weighted by Crippen LogP contribution is 2.42. The molecule has 3 aromatic rings. The molecule has 0 aliphatic carbocycles. The first-order valence-electron chi connectivity index (χ1n) is 10.3. The van der Waals surface area contributed by atoms with Crippen LogP contribution in [0, 0.1) is 5.82 Å². The van der Waals surface area contributed by atoms with E-state index >= 15 is 4.39 Å². The number of aliphatic imine (C=N–C) groups is 1. The van der Waals surface area contributed by atoms with Gasteiger partial charge in [-0.2, -0.15) is 0 Å². The van der Waals surface area contributed by atoms with Crippen molar-refractivity contribution in [2.45, 2.75) is 19.4 Å². The minimum absolute atomic E-state index is 0.0450. The molecule has 1 fully saturated rings. The zero-order valence-electron chi connectivity index (χ0n) is 17.9. The number of likely N-dealkylation sites (N-methyl/N-ethyl adjacent to an activating group) is 1. The molecule has 0 bridgehead atoms. The zero-order valence-corrected chi connectivity index (χ0v) is 18.6. The monoisotopic (exact) mass is 440 g/mol. The Balaban J connectivity index is 1.85. The van der Waals surface area contributed by atoms with Crippen LogP contribution in [0.3, 0.4) is 0 Å². The van der Waals surface area contributed by atoms with Crippen LogP contribution in [0.25, 0.3) is 21.9 Å². The van der Waals surface area contributed by atoms with Gasteiger partial charge in [0, 0.05) is 24.7 Å². The van der Waals surface area contributed by atoms with Gasteiger partial charge in [0.05, 0.1) is 5.02 Å². The fraction of sp³-hybridized carbons (Fsp3) is 0.292. The first kappa shape index (κ1) is 21.4. The number of phenols is 1. The minimum atomic E-state index is -0.535. The predicted octanol–water partition coefficient (Wildman–Crippen LogP) is 4.76. The van der Waals surface area contributed by atoms with Gasteiger partial charge in [-0.15, -0.1) is 0 Å². The van der Waals surface area contributed by atoms with Gasteiger partial charge in [-0.1, -0.05) is 42.8 Å². The molecule has 1 saturated heterocycles. The first-order valence-corrected chi connectivity index (χ1v) is 10.7. The average molecular weight is 441 g/mol. The summed E-state index contributed by atoms with van der Waals surface area (Å²) in [7, 11) is 4.05. The third-order valence-corrected chi connectivity index (χ3v) is 6.21.